The summed E-state index contributed by atoms with van der Waals surface area (Å²) in [4.78, 5) is 48.5. The Labute approximate surface area is 193 Å². The average Bonchev–Trinajstić information content (AvgIpc) is 2.93. The molecule has 4 aliphatic rings. The zero-order chi connectivity index (χ0) is 24.3. The standard InChI is InChI=1S/C25H32O8/c1-13(26)32-12-21(30)25(31)20(29)10-18-17-6-5-15-9-16(28)7-8-23(15,3)22(17)19(33-14(2)27)11-24(18,25)4/h7-9,17-20,22,29,31H,5-6,10-12H2,1-4H3/t17-,18-,19+,20+,22+,23+,24+,25-/m1/s1. The largest absolute Gasteiger partial charge is 0.462 e. The summed E-state index contributed by atoms with van der Waals surface area (Å²) in [5.41, 5.74) is -2.73. The minimum absolute atomic E-state index is 0.0571. The van der Waals surface area contributed by atoms with E-state index in [2.05, 4.69) is 0 Å². The number of carbonyl (C=O) groups is 4. The van der Waals surface area contributed by atoms with Crippen LogP contribution in [0, 0.1) is 28.6 Å². The van der Waals surface area contributed by atoms with Crippen LogP contribution in [-0.2, 0) is 28.7 Å². The predicted molar refractivity (Wildman–Crippen MR) is 116 cm³/mol. The van der Waals surface area contributed by atoms with E-state index in [-0.39, 0.29) is 36.4 Å². The van der Waals surface area contributed by atoms with Crippen LogP contribution in [0.4, 0.5) is 0 Å². The van der Waals surface area contributed by atoms with Crippen LogP contribution in [0.3, 0.4) is 0 Å². The Hall–Kier alpha value is -2.32. The van der Waals surface area contributed by atoms with Gasteiger partial charge in [0.15, 0.2) is 18.0 Å². The molecule has 4 rings (SSSR count). The van der Waals surface area contributed by atoms with Gasteiger partial charge in [0.2, 0.25) is 5.78 Å². The highest BCUT2D eigenvalue weighted by Crippen LogP contribution is 2.67. The lowest BCUT2D eigenvalue weighted by atomic mass is 9.46. The molecule has 33 heavy (non-hydrogen) atoms. The highest BCUT2D eigenvalue weighted by atomic mass is 16.5. The highest BCUT2D eigenvalue weighted by Gasteiger charge is 2.72. The van der Waals surface area contributed by atoms with Crippen molar-refractivity contribution in [3.8, 4) is 0 Å². The zero-order valence-corrected chi connectivity index (χ0v) is 19.5. The van der Waals surface area contributed by atoms with Crippen LogP contribution < -0.4 is 0 Å². The second kappa shape index (κ2) is 7.87. The Morgan fingerprint density at radius 3 is 2.52 bits per heavy atom. The third-order valence-electron chi connectivity index (χ3n) is 8.84. The van der Waals surface area contributed by atoms with Crippen molar-refractivity contribution in [3.05, 3.63) is 23.8 Å². The van der Waals surface area contributed by atoms with E-state index >= 15 is 0 Å². The van der Waals surface area contributed by atoms with Crippen LogP contribution >= 0.6 is 0 Å². The Kier molecular flexibility index (Phi) is 5.69. The van der Waals surface area contributed by atoms with E-state index in [0.717, 1.165) is 5.57 Å². The Morgan fingerprint density at radius 2 is 1.88 bits per heavy atom. The van der Waals surface area contributed by atoms with E-state index in [9.17, 15) is 29.4 Å². The van der Waals surface area contributed by atoms with E-state index in [1.54, 1.807) is 19.1 Å². The Bertz CT molecular complexity index is 965. The monoisotopic (exact) mass is 460 g/mol. The average molecular weight is 461 g/mol. The molecule has 0 spiro atoms. The van der Waals surface area contributed by atoms with Crippen molar-refractivity contribution in [2.45, 2.75) is 71.2 Å². The molecule has 0 saturated heterocycles. The van der Waals surface area contributed by atoms with Gasteiger partial charge in [-0.05, 0) is 49.7 Å². The van der Waals surface area contributed by atoms with Gasteiger partial charge in [0.25, 0.3) is 0 Å². The van der Waals surface area contributed by atoms with Crippen LogP contribution in [-0.4, -0.2) is 58.1 Å². The Balaban J connectivity index is 1.77. The van der Waals surface area contributed by atoms with Crippen molar-refractivity contribution < 1.29 is 38.9 Å². The fourth-order valence-electron chi connectivity index (χ4n) is 7.41. The summed E-state index contributed by atoms with van der Waals surface area (Å²) in [6, 6.07) is 0. The van der Waals surface area contributed by atoms with Gasteiger partial charge in [0, 0.05) is 30.6 Å². The van der Waals surface area contributed by atoms with Gasteiger partial charge in [-0.2, -0.15) is 0 Å². The third-order valence-corrected chi connectivity index (χ3v) is 8.84. The van der Waals surface area contributed by atoms with Crippen LogP contribution in [0.25, 0.3) is 0 Å². The Morgan fingerprint density at radius 1 is 1.18 bits per heavy atom. The quantitative estimate of drug-likeness (QED) is 0.607. The van der Waals surface area contributed by atoms with E-state index in [0.29, 0.717) is 12.8 Å². The highest BCUT2D eigenvalue weighted by molar-refractivity contribution is 6.01. The van der Waals surface area contributed by atoms with Crippen molar-refractivity contribution in [2.75, 3.05) is 6.61 Å². The van der Waals surface area contributed by atoms with Crippen molar-refractivity contribution in [3.63, 3.8) is 0 Å². The second-order valence-electron chi connectivity index (χ2n) is 10.5. The second-order valence-corrected chi connectivity index (χ2v) is 10.5. The molecule has 0 aromatic rings. The van der Waals surface area contributed by atoms with Crippen molar-refractivity contribution in [2.24, 2.45) is 28.6 Å². The number of aliphatic hydroxyl groups excluding tert-OH is 1. The maximum atomic E-state index is 13.1. The molecule has 8 atom stereocenters. The summed E-state index contributed by atoms with van der Waals surface area (Å²) in [5.74, 6) is -2.38. The summed E-state index contributed by atoms with van der Waals surface area (Å²) in [7, 11) is 0. The van der Waals surface area contributed by atoms with E-state index in [1.165, 1.54) is 13.8 Å². The third kappa shape index (κ3) is 3.41. The van der Waals surface area contributed by atoms with Crippen molar-refractivity contribution in [1.82, 2.24) is 0 Å². The van der Waals surface area contributed by atoms with E-state index in [1.807, 2.05) is 13.0 Å². The van der Waals surface area contributed by atoms with Gasteiger partial charge in [-0.3, -0.25) is 19.2 Å². The minimum Gasteiger partial charge on any atom is -0.462 e. The first-order chi connectivity index (χ1) is 15.3. The number of Topliss-reactive ketones (excluding diaryl/α,β-unsaturated/α-hetero) is 1. The minimum atomic E-state index is -2.13. The molecule has 3 saturated carbocycles. The number of ketones is 2. The van der Waals surface area contributed by atoms with Crippen LogP contribution in [0.2, 0.25) is 0 Å². The van der Waals surface area contributed by atoms with Gasteiger partial charge in [-0.15, -0.1) is 0 Å². The van der Waals surface area contributed by atoms with Gasteiger partial charge >= 0.3 is 11.9 Å². The lowest BCUT2D eigenvalue weighted by Gasteiger charge is -2.59. The lowest BCUT2D eigenvalue weighted by molar-refractivity contribution is -0.200. The van der Waals surface area contributed by atoms with Crippen molar-refractivity contribution >= 4 is 23.5 Å². The molecule has 0 aromatic heterocycles. The predicted octanol–water partition coefficient (Wildman–Crippen LogP) is 1.67. The summed E-state index contributed by atoms with van der Waals surface area (Å²) < 4.78 is 10.7. The number of rotatable bonds is 4. The van der Waals surface area contributed by atoms with E-state index < -0.39 is 53.0 Å². The van der Waals surface area contributed by atoms with Gasteiger partial charge < -0.3 is 19.7 Å². The molecule has 0 heterocycles. The van der Waals surface area contributed by atoms with Gasteiger partial charge in [0.1, 0.15) is 6.10 Å². The molecule has 2 N–H and O–H groups in total. The molecule has 0 amide bonds. The molecule has 4 aliphatic carbocycles. The first-order valence-corrected chi connectivity index (χ1v) is 11.5. The van der Waals surface area contributed by atoms with Crippen LogP contribution in [0.1, 0.15) is 53.4 Å². The molecular formula is C25H32O8. The molecular weight excluding hydrogens is 428 g/mol. The lowest BCUT2D eigenvalue weighted by Crippen LogP contribution is -2.64. The molecule has 8 nitrogen and oxygen atoms in total. The maximum Gasteiger partial charge on any atom is 0.303 e. The smallest absolute Gasteiger partial charge is 0.303 e. The first kappa shape index (κ1) is 23.8. The number of hydrogen-bond acceptors (Lipinski definition) is 8. The normalized spacial score (nSPS) is 43.6. The van der Waals surface area contributed by atoms with Crippen LogP contribution in [0.15, 0.2) is 23.8 Å². The SMILES string of the molecule is CC(=O)OCC(=O)[C@]1(O)[C@@H](O)C[C@@H]2[C@H]3CCC4=CC(=O)C=C[C@]4(C)[C@@H]3[C@@H](OC(C)=O)C[C@@]21C. The topological polar surface area (TPSA) is 127 Å². The molecule has 8 heteroatoms. The summed E-state index contributed by atoms with van der Waals surface area (Å²) in [6.45, 7) is 5.67. The number of ether oxygens (including phenoxy) is 2. The fraction of sp³-hybridized carbons (Fsp3) is 0.680. The number of carbonyl (C=O) groups excluding carboxylic acids is 4. The van der Waals surface area contributed by atoms with Crippen LogP contribution in [0.5, 0.6) is 0 Å². The van der Waals surface area contributed by atoms with E-state index in [4.69, 9.17) is 9.47 Å². The molecule has 180 valence electrons. The number of allylic oxidation sites excluding steroid dienone is 4. The van der Waals surface area contributed by atoms with Gasteiger partial charge in [-0.1, -0.05) is 25.5 Å². The molecule has 0 radical (unpaired) electrons. The summed E-state index contributed by atoms with van der Waals surface area (Å²) in [5, 5.41) is 22.6. The molecule has 0 unspecified atom stereocenters. The molecule has 0 bridgehead atoms. The number of aliphatic hydroxyl groups is 2. The van der Waals surface area contributed by atoms with Crippen molar-refractivity contribution in [1.29, 1.82) is 0 Å². The number of esters is 2. The first-order valence-electron chi connectivity index (χ1n) is 11.5. The summed E-state index contributed by atoms with van der Waals surface area (Å²) >= 11 is 0. The van der Waals surface area contributed by atoms with Gasteiger partial charge in [0.05, 0.1) is 6.10 Å². The zero-order valence-electron chi connectivity index (χ0n) is 19.5. The molecule has 3 fully saturated rings. The summed E-state index contributed by atoms with van der Waals surface area (Å²) in [6.07, 6.45) is 4.88. The number of hydrogen-bond donors (Lipinski definition) is 2. The molecule has 0 aliphatic heterocycles. The molecule has 0 aromatic carbocycles. The fourth-order valence-corrected chi connectivity index (χ4v) is 7.41. The van der Waals surface area contributed by atoms with Gasteiger partial charge in [-0.25, -0.2) is 0 Å². The maximum absolute atomic E-state index is 13.1. The number of fused-ring (bicyclic) bond motifs is 5.